The highest BCUT2D eigenvalue weighted by atomic mass is 16.5. The molecule has 0 fully saturated rings. The SMILES string of the molecule is CNC(=O)OCc1ccccc1-c1[nH]c2ccc(CN)cc2c1C. The molecule has 4 N–H and O–H groups in total. The third-order valence-electron chi connectivity index (χ3n) is 4.21. The highest BCUT2D eigenvalue weighted by Crippen LogP contribution is 2.32. The van der Waals surface area contributed by atoms with E-state index in [0.717, 1.165) is 38.9 Å². The summed E-state index contributed by atoms with van der Waals surface area (Å²) in [4.78, 5) is 14.8. The van der Waals surface area contributed by atoms with Crippen LogP contribution >= 0.6 is 0 Å². The molecule has 0 aliphatic carbocycles. The predicted molar refractivity (Wildman–Crippen MR) is 95.6 cm³/mol. The van der Waals surface area contributed by atoms with E-state index in [1.165, 1.54) is 0 Å². The fourth-order valence-corrected chi connectivity index (χ4v) is 2.88. The number of aromatic amines is 1. The Kier molecular flexibility index (Phi) is 4.53. The van der Waals surface area contributed by atoms with Crippen LogP contribution in [0.4, 0.5) is 4.79 Å². The van der Waals surface area contributed by atoms with Crippen molar-refractivity contribution in [2.75, 3.05) is 7.05 Å². The van der Waals surface area contributed by atoms with Crippen molar-refractivity contribution in [3.05, 3.63) is 59.2 Å². The van der Waals surface area contributed by atoms with Crippen molar-refractivity contribution in [2.24, 2.45) is 5.73 Å². The van der Waals surface area contributed by atoms with Crippen molar-refractivity contribution >= 4 is 17.0 Å². The molecule has 3 rings (SSSR count). The van der Waals surface area contributed by atoms with Crippen LogP contribution in [0, 0.1) is 6.92 Å². The lowest BCUT2D eigenvalue weighted by Crippen LogP contribution is -2.19. The van der Waals surface area contributed by atoms with Crippen LogP contribution in [-0.4, -0.2) is 18.1 Å². The average molecular weight is 323 g/mol. The van der Waals surface area contributed by atoms with Gasteiger partial charge in [-0.25, -0.2) is 4.79 Å². The third kappa shape index (κ3) is 2.98. The molecule has 0 unspecified atom stereocenters. The van der Waals surface area contributed by atoms with E-state index in [1.807, 2.05) is 30.3 Å². The van der Waals surface area contributed by atoms with Crippen LogP contribution in [-0.2, 0) is 17.9 Å². The number of rotatable bonds is 4. The van der Waals surface area contributed by atoms with E-state index < -0.39 is 6.09 Å². The van der Waals surface area contributed by atoms with Gasteiger partial charge >= 0.3 is 6.09 Å². The summed E-state index contributed by atoms with van der Waals surface area (Å²) in [5.74, 6) is 0. The Morgan fingerprint density at radius 3 is 2.79 bits per heavy atom. The van der Waals surface area contributed by atoms with E-state index >= 15 is 0 Å². The van der Waals surface area contributed by atoms with Crippen LogP contribution < -0.4 is 11.1 Å². The monoisotopic (exact) mass is 323 g/mol. The van der Waals surface area contributed by atoms with Gasteiger partial charge in [0.1, 0.15) is 6.61 Å². The van der Waals surface area contributed by atoms with Crippen LogP contribution in [0.1, 0.15) is 16.7 Å². The first kappa shape index (κ1) is 16.1. The van der Waals surface area contributed by atoms with Crippen molar-refractivity contribution in [3.63, 3.8) is 0 Å². The van der Waals surface area contributed by atoms with Gasteiger partial charge < -0.3 is 20.8 Å². The molecule has 0 aliphatic rings. The minimum Gasteiger partial charge on any atom is -0.445 e. The number of benzene rings is 2. The Labute approximate surface area is 140 Å². The van der Waals surface area contributed by atoms with Crippen LogP contribution in [0.3, 0.4) is 0 Å². The summed E-state index contributed by atoms with van der Waals surface area (Å²) in [6.07, 6.45) is -0.439. The van der Waals surface area contributed by atoms with E-state index in [4.69, 9.17) is 10.5 Å². The number of carbonyl (C=O) groups is 1. The van der Waals surface area contributed by atoms with Crippen molar-refractivity contribution in [2.45, 2.75) is 20.1 Å². The van der Waals surface area contributed by atoms with Gasteiger partial charge in [-0.2, -0.15) is 0 Å². The normalized spacial score (nSPS) is 10.8. The smallest absolute Gasteiger partial charge is 0.407 e. The summed E-state index contributed by atoms with van der Waals surface area (Å²) in [5.41, 5.74) is 12.1. The zero-order chi connectivity index (χ0) is 17.1. The maximum absolute atomic E-state index is 11.4. The average Bonchev–Trinajstić information content (AvgIpc) is 2.95. The van der Waals surface area contributed by atoms with Gasteiger partial charge in [0.2, 0.25) is 0 Å². The number of fused-ring (bicyclic) bond motifs is 1. The molecule has 1 heterocycles. The standard InChI is InChI=1S/C19H21N3O2/c1-12-16-9-13(10-20)7-8-17(16)22-18(12)15-6-4-3-5-14(15)11-24-19(23)21-2/h3-9,22H,10-11,20H2,1-2H3,(H,21,23). The highest BCUT2D eigenvalue weighted by molar-refractivity contribution is 5.91. The van der Waals surface area contributed by atoms with Crippen molar-refractivity contribution < 1.29 is 9.53 Å². The van der Waals surface area contributed by atoms with Gasteiger partial charge in [0, 0.05) is 35.8 Å². The Bertz CT molecular complexity index is 883. The molecule has 5 nitrogen and oxygen atoms in total. The van der Waals surface area contributed by atoms with Crippen LogP contribution in [0.25, 0.3) is 22.2 Å². The Morgan fingerprint density at radius 1 is 1.25 bits per heavy atom. The Balaban J connectivity index is 2.04. The first-order chi connectivity index (χ1) is 11.6. The van der Waals surface area contributed by atoms with Gasteiger partial charge in [-0.3, -0.25) is 0 Å². The summed E-state index contributed by atoms with van der Waals surface area (Å²) < 4.78 is 5.21. The third-order valence-corrected chi connectivity index (χ3v) is 4.21. The minimum absolute atomic E-state index is 0.221. The summed E-state index contributed by atoms with van der Waals surface area (Å²) >= 11 is 0. The zero-order valence-electron chi connectivity index (χ0n) is 13.8. The number of alkyl carbamates (subject to hydrolysis) is 1. The maximum Gasteiger partial charge on any atom is 0.407 e. The Hall–Kier alpha value is -2.79. The van der Waals surface area contributed by atoms with Gasteiger partial charge in [-0.1, -0.05) is 30.3 Å². The van der Waals surface area contributed by atoms with E-state index in [0.29, 0.717) is 6.54 Å². The lowest BCUT2D eigenvalue weighted by molar-refractivity contribution is 0.142. The van der Waals surface area contributed by atoms with Gasteiger partial charge in [-0.15, -0.1) is 0 Å². The number of carbonyl (C=O) groups excluding carboxylic acids is 1. The molecule has 1 aromatic heterocycles. The number of H-pyrrole nitrogens is 1. The molecule has 0 aliphatic heterocycles. The number of aromatic nitrogens is 1. The maximum atomic E-state index is 11.4. The number of amides is 1. The minimum atomic E-state index is -0.439. The second-order valence-corrected chi connectivity index (χ2v) is 5.69. The van der Waals surface area contributed by atoms with E-state index in [1.54, 1.807) is 7.05 Å². The fraction of sp³-hybridized carbons (Fsp3) is 0.211. The quantitative estimate of drug-likeness (QED) is 0.688. The fourth-order valence-electron chi connectivity index (χ4n) is 2.88. The molecule has 3 aromatic rings. The molecule has 0 saturated heterocycles. The van der Waals surface area contributed by atoms with Crippen molar-refractivity contribution in [1.29, 1.82) is 0 Å². The van der Waals surface area contributed by atoms with E-state index in [9.17, 15) is 4.79 Å². The van der Waals surface area contributed by atoms with Crippen LogP contribution in [0.15, 0.2) is 42.5 Å². The van der Waals surface area contributed by atoms with Crippen LogP contribution in [0.2, 0.25) is 0 Å². The molecule has 124 valence electrons. The molecular weight excluding hydrogens is 302 g/mol. The molecule has 1 amide bonds. The molecule has 0 spiro atoms. The zero-order valence-corrected chi connectivity index (χ0v) is 13.8. The number of hydrogen-bond donors (Lipinski definition) is 3. The second kappa shape index (κ2) is 6.76. The molecule has 2 aromatic carbocycles. The summed E-state index contributed by atoms with van der Waals surface area (Å²) in [7, 11) is 1.55. The molecule has 0 saturated carbocycles. The van der Waals surface area contributed by atoms with E-state index in [-0.39, 0.29) is 6.61 Å². The van der Waals surface area contributed by atoms with E-state index in [2.05, 4.69) is 29.4 Å². The number of nitrogens with two attached hydrogens (primary N) is 1. The molecule has 0 bridgehead atoms. The molecule has 0 atom stereocenters. The first-order valence-corrected chi connectivity index (χ1v) is 7.88. The van der Waals surface area contributed by atoms with Gasteiger partial charge in [-0.05, 0) is 35.7 Å². The van der Waals surface area contributed by atoms with Crippen molar-refractivity contribution in [3.8, 4) is 11.3 Å². The molecule has 5 heteroatoms. The lowest BCUT2D eigenvalue weighted by Gasteiger charge is -2.10. The Morgan fingerprint density at radius 2 is 2.04 bits per heavy atom. The highest BCUT2D eigenvalue weighted by Gasteiger charge is 2.14. The number of ether oxygens (including phenoxy) is 1. The number of hydrogen-bond acceptors (Lipinski definition) is 3. The van der Waals surface area contributed by atoms with Crippen LogP contribution in [0.5, 0.6) is 0 Å². The second-order valence-electron chi connectivity index (χ2n) is 5.69. The summed E-state index contributed by atoms with van der Waals surface area (Å²) in [6.45, 7) is 2.83. The summed E-state index contributed by atoms with van der Waals surface area (Å²) in [5, 5.41) is 3.62. The largest absolute Gasteiger partial charge is 0.445 e. The predicted octanol–water partition coefficient (Wildman–Crippen LogP) is 3.46. The van der Waals surface area contributed by atoms with Crippen molar-refractivity contribution in [1.82, 2.24) is 10.3 Å². The molecule has 0 radical (unpaired) electrons. The number of nitrogens with one attached hydrogen (secondary N) is 2. The van der Waals surface area contributed by atoms with Gasteiger partial charge in [0.15, 0.2) is 0 Å². The molecule has 24 heavy (non-hydrogen) atoms. The topological polar surface area (TPSA) is 80.1 Å². The first-order valence-electron chi connectivity index (χ1n) is 7.88. The van der Waals surface area contributed by atoms with Gasteiger partial charge in [0.05, 0.1) is 0 Å². The number of aryl methyl sites for hydroxylation is 1. The summed E-state index contributed by atoms with van der Waals surface area (Å²) in [6, 6.07) is 14.1. The van der Waals surface area contributed by atoms with Gasteiger partial charge in [0.25, 0.3) is 0 Å². The molecular formula is C19H21N3O2. The lowest BCUT2D eigenvalue weighted by atomic mass is 10.0.